The Labute approximate surface area is 196 Å². The van der Waals surface area contributed by atoms with Crippen molar-refractivity contribution in [2.24, 2.45) is 5.10 Å². The third-order valence-corrected chi connectivity index (χ3v) is 5.82. The summed E-state index contributed by atoms with van der Waals surface area (Å²) in [5.41, 5.74) is 1.08. The highest BCUT2D eigenvalue weighted by Gasteiger charge is 2.16. The molecule has 0 amide bonds. The Hall–Kier alpha value is -2.70. The summed E-state index contributed by atoms with van der Waals surface area (Å²) in [5.74, 6) is 1.51. The lowest BCUT2D eigenvalue weighted by molar-refractivity contribution is 0.327. The first kappa shape index (κ1) is 23.0. The van der Waals surface area contributed by atoms with Crippen molar-refractivity contribution in [3.63, 3.8) is 0 Å². The van der Waals surface area contributed by atoms with E-state index in [0.29, 0.717) is 38.3 Å². The molecule has 0 N–H and O–H groups in total. The summed E-state index contributed by atoms with van der Waals surface area (Å²) < 4.78 is 13.6. The highest BCUT2D eigenvalue weighted by Crippen LogP contribution is 2.36. The van der Waals surface area contributed by atoms with Crippen LogP contribution in [-0.2, 0) is 0 Å². The smallest absolute Gasteiger partial charge is 0.282 e. The normalized spacial score (nSPS) is 12.1. The molecule has 0 bridgehead atoms. The molecule has 160 valence electrons. The summed E-state index contributed by atoms with van der Waals surface area (Å²) in [4.78, 5) is 17.9. The number of hydrogen-bond donors (Lipinski definition) is 0. The van der Waals surface area contributed by atoms with Crippen LogP contribution >= 0.6 is 31.9 Å². The van der Waals surface area contributed by atoms with Crippen molar-refractivity contribution >= 4 is 49.0 Å². The predicted octanol–water partition coefficient (Wildman–Crippen LogP) is 5.23. The number of halogens is 2. The third-order valence-electron chi connectivity index (χ3n) is 4.74. The first-order valence-corrected chi connectivity index (χ1v) is 11.1. The molecule has 0 aliphatic rings. The van der Waals surface area contributed by atoms with Crippen LogP contribution in [-0.4, -0.2) is 29.6 Å². The van der Waals surface area contributed by atoms with Gasteiger partial charge in [-0.15, -0.1) is 0 Å². The minimum absolute atomic E-state index is 0.0425. The van der Waals surface area contributed by atoms with Crippen molar-refractivity contribution in [1.82, 2.24) is 9.66 Å². The fourth-order valence-electron chi connectivity index (χ4n) is 2.96. The lowest BCUT2D eigenvalue weighted by Crippen LogP contribution is -2.23. The van der Waals surface area contributed by atoms with E-state index in [1.165, 1.54) is 11.8 Å². The molecule has 3 rings (SSSR count). The van der Waals surface area contributed by atoms with Crippen molar-refractivity contribution in [1.29, 1.82) is 5.26 Å². The molecule has 0 radical (unpaired) electrons. The lowest BCUT2D eigenvalue weighted by atomic mass is 10.1. The first-order chi connectivity index (χ1) is 14.9. The zero-order valence-corrected chi connectivity index (χ0v) is 20.4. The van der Waals surface area contributed by atoms with E-state index < -0.39 is 0 Å². The summed E-state index contributed by atoms with van der Waals surface area (Å²) in [6.45, 7) is 3.95. The van der Waals surface area contributed by atoms with Gasteiger partial charge in [-0.05, 0) is 58.2 Å². The van der Waals surface area contributed by atoms with Crippen molar-refractivity contribution in [3.05, 3.63) is 61.0 Å². The minimum atomic E-state index is -0.238. The molecule has 3 aromatic rings. The highest BCUT2D eigenvalue weighted by atomic mass is 79.9. The number of nitriles is 1. The van der Waals surface area contributed by atoms with Gasteiger partial charge in [0.05, 0.1) is 28.7 Å². The number of benzene rings is 2. The Morgan fingerprint density at radius 1 is 1.32 bits per heavy atom. The van der Waals surface area contributed by atoms with Crippen molar-refractivity contribution in [2.75, 3.05) is 13.7 Å². The summed E-state index contributed by atoms with van der Waals surface area (Å²) >= 11 is 6.85. The zero-order chi connectivity index (χ0) is 22.5. The fourth-order valence-corrected chi connectivity index (χ4v) is 3.90. The molecule has 7 nitrogen and oxygen atoms in total. The molecule has 0 fully saturated rings. The summed E-state index contributed by atoms with van der Waals surface area (Å²) in [6.07, 6.45) is 2.38. The van der Waals surface area contributed by atoms with Crippen LogP contribution in [0.1, 0.15) is 37.6 Å². The Kier molecular flexibility index (Phi) is 7.46. The number of rotatable bonds is 7. The van der Waals surface area contributed by atoms with Gasteiger partial charge in [-0.2, -0.15) is 15.0 Å². The Bertz CT molecular complexity index is 1250. The average molecular weight is 548 g/mol. The summed E-state index contributed by atoms with van der Waals surface area (Å²) in [6, 6.07) is 10.9. The van der Waals surface area contributed by atoms with Gasteiger partial charge in [-0.3, -0.25) is 4.79 Å². The van der Waals surface area contributed by atoms with E-state index in [1.807, 2.05) is 32.0 Å². The predicted molar refractivity (Wildman–Crippen MR) is 127 cm³/mol. The SMILES string of the molecule is CC[C@@H](C)c1nc2ccc(Br)cc2c(=O)n1N=Cc1cc(Br)c(OCC#N)c(OC)c1. The van der Waals surface area contributed by atoms with Crippen LogP contribution in [0.5, 0.6) is 11.5 Å². The van der Waals surface area contributed by atoms with Gasteiger partial charge in [0.25, 0.3) is 5.56 Å². The van der Waals surface area contributed by atoms with Crippen LogP contribution in [0, 0.1) is 11.3 Å². The van der Waals surface area contributed by atoms with E-state index >= 15 is 0 Å². The van der Waals surface area contributed by atoms with Gasteiger partial charge in [0.2, 0.25) is 0 Å². The van der Waals surface area contributed by atoms with Gasteiger partial charge < -0.3 is 9.47 Å². The molecule has 0 aliphatic carbocycles. The van der Waals surface area contributed by atoms with Crippen LogP contribution in [0.3, 0.4) is 0 Å². The Morgan fingerprint density at radius 2 is 2.10 bits per heavy atom. The van der Waals surface area contributed by atoms with E-state index in [1.54, 1.807) is 24.4 Å². The van der Waals surface area contributed by atoms with Gasteiger partial charge in [0.15, 0.2) is 18.1 Å². The van der Waals surface area contributed by atoms with E-state index in [-0.39, 0.29) is 18.1 Å². The molecular weight excluding hydrogens is 528 g/mol. The molecule has 0 saturated heterocycles. The number of hydrogen-bond acceptors (Lipinski definition) is 6. The van der Waals surface area contributed by atoms with Crippen molar-refractivity contribution in [3.8, 4) is 17.6 Å². The fraction of sp³-hybridized carbons (Fsp3) is 0.273. The number of aromatic nitrogens is 2. The van der Waals surface area contributed by atoms with E-state index in [4.69, 9.17) is 19.7 Å². The monoisotopic (exact) mass is 546 g/mol. The van der Waals surface area contributed by atoms with Crippen LogP contribution < -0.4 is 15.0 Å². The summed E-state index contributed by atoms with van der Waals surface area (Å²) in [5, 5.41) is 13.7. The second kappa shape index (κ2) is 10.1. The molecule has 1 heterocycles. The molecule has 9 heteroatoms. The van der Waals surface area contributed by atoms with Gasteiger partial charge in [0.1, 0.15) is 11.9 Å². The van der Waals surface area contributed by atoms with Crippen LogP contribution in [0.15, 0.2) is 49.2 Å². The zero-order valence-electron chi connectivity index (χ0n) is 17.2. The maximum absolute atomic E-state index is 13.2. The van der Waals surface area contributed by atoms with Crippen molar-refractivity contribution in [2.45, 2.75) is 26.2 Å². The molecule has 0 aliphatic heterocycles. The molecule has 2 aromatic carbocycles. The minimum Gasteiger partial charge on any atom is -0.493 e. The molecule has 0 spiro atoms. The topological polar surface area (TPSA) is 89.5 Å². The molecule has 0 saturated carbocycles. The van der Waals surface area contributed by atoms with Crippen molar-refractivity contribution < 1.29 is 9.47 Å². The maximum Gasteiger partial charge on any atom is 0.282 e. The standard InChI is InChI=1S/C22H20Br2N4O3/c1-4-13(2)21-27-18-6-5-15(23)11-16(18)22(29)28(21)26-12-14-9-17(24)20(31-8-7-25)19(10-14)30-3/h5-6,9-13H,4,8H2,1-3H3/t13-/m1/s1. The van der Waals surface area contributed by atoms with Gasteiger partial charge in [-0.1, -0.05) is 29.8 Å². The van der Waals surface area contributed by atoms with Crippen LogP contribution in [0.2, 0.25) is 0 Å². The van der Waals surface area contributed by atoms with Crippen LogP contribution in [0.4, 0.5) is 0 Å². The molecule has 0 unspecified atom stereocenters. The van der Waals surface area contributed by atoms with E-state index in [0.717, 1.165) is 10.9 Å². The number of fused-ring (bicyclic) bond motifs is 1. The highest BCUT2D eigenvalue weighted by molar-refractivity contribution is 9.10. The maximum atomic E-state index is 13.2. The van der Waals surface area contributed by atoms with Gasteiger partial charge in [0, 0.05) is 10.4 Å². The second-order valence-electron chi connectivity index (χ2n) is 6.78. The Morgan fingerprint density at radius 3 is 2.77 bits per heavy atom. The second-order valence-corrected chi connectivity index (χ2v) is 8.55. The summed E-state index contributed by atoms with van der Waals surface area (Å²) in [7, 11) is 1.51. The molecule has 1 atom stereocenters. The Balaban J connectivity index is 2.12. The van der Waals surface area contributed by atoms with Gasteiger partial charge in [-0.25, -0.2) is 4.98 Å². The largest absolute Gasteiger partial charge is 0.493 e. The number of methoxy groups -OCH3 is 1. The number of nitrogens with zero attached hydrogens (tertiary/aromatic N) is 4. The quantitative estimate of drug-likeness (QED) is 0.378. The van der Waals surface area contributed by atoms with E-state index in [9.17, 15) is 4.79 Å². The van der Waals surface area contributed by atoms with E-state index in [2.05, 4.69) is 37.0 Å². The first-order valence-electron chi connectivity index (χ1n) is 9.53. The number of ether oxygens (including phenoxy) is 2. The molecule has 31 heavy (non-hydrogen) atoms. The molecule has 1 aromatic heterocycles. The molecular formula is C22H20Br2N4O3. The third kappa shape index (κ3) is 4.97. The van der Waals surface area contributed by atoms with Crippen LogP contribution in [0.25, 0.3) is 10.9 Å². The van der Waals surface area contributed by atoms with Gasteiger partial charge >= 0.3 is 0 Å². The average Bonchev–Trinajstić information content (AvgIpc) is 2.77. The lowest BCUT2D eigenvalue weighted by Gasteiger charge is -2.14.